The molecule has 0 unspecified atom stereocenters. The number of aliphatic hydroxyl groups is 1. The van der Waals surface area contributed by atoms with Crippen molar-refractivity contribution in [1.82, 2.24) is 0 Å². The lowest BCUT2D eigenvalue weighted by molar-refractivity contribution is -0.139. The fourth-order valence-corrected chi connectivity index (χ4v) is 4.03. The lowest BCUT2D eigenvalue weighted by Crippen LogP contribution is -2.42. The molecule has 2 N–H and O–H groups in total. The lowest BCUT2D eigenvalue weighted by Gasteiger charge is -2.34. The Bertz CT molecular complexity index is 1080. The van der Waals surface area contributed by atoms with Crippen LogP contribution in [0.1, 0.15) is 17.5 Å². The molecule has 1 atom stereocenters. The van der Waals surface area contributed by atoms with Gasteiger partial charge in [0.05, 0.1) is 11.4 Å². The Hall–Kier alpha value is -3.84. The van der Waals surface area contributed by atoms with Gasteiger partial charge in [-0.05, 0) is 54.3 Å². The normalized spacial score (nSPS) is 17.0. The van der Waals surface area contributed by atoms with Crippen LogP contribution in [0.25, 0.3) is 0 Å². The van der Waals surface area contributed by atoms with Gasteiger partial charge in [0.1, 0.15) is 18.0 Å². The lowest BCUT2D eigenvalue weighted by atomic mass is 9.80. The molecule has 0 aliphatic heterocycles. The van der Waals surface area contributed by atoms with Crippen LogP contribution in [-0.2, 0) is 22.4 Å². The molecular weight excluding hydrogens is 422 g/mol. The van der Waals surface area contributed by atoms with E-state index >= 15 is 0 Å². The SMILES string of the molecule is O=C(O)COc1cccc2c1CC[C@@](O)(COC(=O)N(c1ccccc1)c1ccccc1)C2. The minimum atomic E-state index is -1.23. The number of ether oxygens (including phenoxy) is 2. The number of benzene rings is 3. The summed E-state index contributed by atoms with van der Waals surface area (Å²) in [6.45, 7) is -0.589. The zero-order chi connectivity index (χ0) is 23.3. The van der Waals surface area contributed by atoms with Gasteiger partial charge in [0.15, 0.2) is 6.61 Å². The zero-order valence-corrected chi connectivity index (χ0v) is 18.0. The summed E-state index contributed by atoms with van der Waals surface area (Å²) in [5.41, 5.74) is 1.83. The third-order valence-corrected chi connectivity index (χ3v) is 5.62. The number of rotatable bonds is 7. The van der Waals surface area contributed by atoms with Gasteiger partial charge < -0.3 is 19.7 Å². The highest BCUT2D eigenvalue weighted by atomic mass is 16.6. The second kappa shape index (κ2) is 9.75. The molecule has 0 saturated heterocycles. The van der Waals surface area contributed by atoms with E-state index in [0.29, 0.717) is 30.0 Å². The average Bonchev–Trinajstić information content (AvgIpc) is 2.83. The van der Waals surface area contributed by atoms with Crippen molar-refractivity contribution in [2.24, 2.45) is 0 Å². The molecule has 3 aromatic rings. The molecule has 7 heteroatoms. The summed E-state index contributed by atoms with van der Waals surface area (Å²) in [4.78, 5) is 25.4. The quantitative estimate of drug-likeness (QED) is 0.559. The molecule has 0 bridgehead atoms. The predicted molar refractivity (Wildman–Crippen MR) is 123 cm³/mol. The summed E-state index contributed by atoms with van der Waals surface area (Å²) in [5.74, 6) is -0.540. The van der Waals surface area contributed by atoms with Crippen LogP contribution in [0.5, 0.6) is 5.75 Å². The van der Waals surface area contributed by atoms with Crippen LogP contribution >= 0.6 is 0 Å². The van der Waals surface area contributed by atoms with E-state index in [-0.39, 0.29) is 13.0 Å². The third-order valence-electron chi connectivity index (χ3n) is 5.62. The number of anilines is 2. The van der Waals surface area contributed by atoms with Gasteiger partial charge in [0.25, 0.3) is 0 Å². The van der Waals surface area contributed by atoms with Gasteiger partial charge >= 0.3 is 12.1 Å². The molecule has 1 aliphatic rings. The fourth-order valence-electron chi connectivity index (χ4n) is 4.03. The van der Waals surface area contributed by atoms with Crippen LogP contribution in [-0.4, -0.2) is 41.1 Å². The highest BCUT2D eigenvalue weighted by Gasteiger charge is 2.35. The number of carboxylic acid groups (broad SMARTS) is 1. The van der Waals surface area contributed by atoms with Gasteiger partial charge in [0.2, 0.25) is 0 Å². The Morgan fingerprint density at radius 1 is 0.909 bits per heavy atom. The van der Waals surface area contributed by atoms with E-state index in [4.69, 9.17) is 14.6 Å². The van der Waals surface area contributed by atoms with Crippen LogP contribution in [0.4, 0.5) is 16.2 Å². The summed E-state index contributed by atoms with van der Waals surface area (Å²) >= 11 is 0. The number of carboxylic acids is 1. The Morgan fingerprint density at radius 2 is 1.55 bits per heavy atom. The van der Waals surface area contributed by atoms with Crippen molar-refractivity contribution in [3.05, 3.63) is 90.0 Å². The second-order valence-corrected chi connectivity index (χ2v) is 8.04. The Morgan fingerprint density at radius 3 is 2.15 bits per heavy atom. The van der Waals surface area contributed by atoms with Crippen molar-refractivity contribution in [2.45, 2.75) is 24.9 Å². The molecular formula is C26H25NO6. The Kier molecular flexibility index (Phi) is 6.60. The number of amides is 1. The smallest absolute Gasteiger partial charge is 0.419 e. The maximum Gasteiger partial charge on any atom is 0.419 e. The summed E-state index contributed by atoms with van der Waals surface area (Å²) in [7, 11) is 0. The third kappa shape index (κ3) is 5.32. The summed E-state index contributed by atoms with van der Waals surface area (Å²) < 4.78 is 11.0. The van der Waals surface area contributed by atoms with E-state index in [0.717, 1.165) is 11.1 Å². The van der Waals surface area contributed by atoms with E-state index in [1.807, 2.05) is 66.7 Å². The van der Waals surface area contributed by atoms with E-state index in [2.05, 4.69) is 0 Å². The zero-order valence-electron chi connectivity index (χ0n) is 18.0. The van der Waals surface area contributed by atoms with Crippen LogP contribution in [0.15, 0.2) is 78.9 Å². The fraction of sp³-hybridized carbons (Fsp3) is 0.231. The van der Waals surface area contributed by atoms with E-state index in [1.165, 1.54) is 4.90 Å². The first kappa shape index (κ1) is 22.4. The average molecular weight is 447 g/mol. The van der Waals surface area contributed by atoms with Gasteiger partial charge in [-0.1, -0.05) is 48.5 Å². The molecule has 33 heavy (non-hydrogen) atoms. The van der Waals surface area contributed by atoms with Gasteiger partial charge in [-0.2, -0.15) is 0 Å². The molecule has 0 spiro atoms. The second-order valence-electron chi connectivity index (χ2n) is 8.04. The number of fused-ring (bicyclic) bond motifs is 1. The summed E-state index contributed by atoms with van der Waals surface area (Å²) in [5, 5.41) is 20.0. The van der Waals surface area contributed by atoms with Gasteiger partial charge in [-0.25, -0.2) is 14.5 Å². The monoisotopic (exact) mass is 447 g/mol. The molecule has 1 amide bonds. The number of carbonyl (C=O) groups excluding carboxylic acids is 1. The topological polar surface area (TPSA) is 96.3 Å². The number of carbonyl (C=O) groups is 2. The molecule has 3 aromatic carbocycles. The van der Waals surface area contributed by atoms with E-state index < -0.39 is 24.3 Å². The first-order valence-electron chi connectivity index (χ1n) is 10.7. The molecule has 4 rings (SSSR count). The largest absolute Gasteiger partial charge is 0.482 e. The highest BCUT2D eigenvalue weighted by Crippen LogP contribution is 2.35. The standard InChI is InChI=1S/C26H25NO6/c28-24(29)17-32-23-13-7-8-19-16-26(31,15-14-22(19)23)18-33-25(30)27(20-9-3-1-4-10-20)21-11-5-2-6-12-21/h1-13,31H,14-18H2,(H,28,29)/t26-/m0/s1. The summed E-state index contributed by atoms with van der Waals surface area (Å²) in [6, 6.07) is 23.7. The van der Waals surface area contributed by atoms with Crippen LogP contribution in [0, 0.1) is 0 Å². The van der Waals surface area contributed by atoms with Crippen molar-refractivity contribution in [2.75, 3.05) is 18.1 Å². The maximum atomic E-state index is 13.1. The van der Waals surface area contributed by atoms with Crippen molar-refractivity contribution in [3.8, 4) is 5.75 Å². The van der Waals surface area contributed by atoms with Crippen LogP contribution in [0.3, 0.4) is 0 Å². The van der Waals surface area contributed by atoms with Gasteiger partial charge in [0, 0.05) is 6.42 Å². The molecule has 170 valence electrons. The van der Waals surface area contributed by atoms with Crippen molar-refractivity contribution < 1.29 is 29.3 Å². The number of nitrogens with zero attached hydrogens (tertiary/aromatic N) is 1. The minimum Gasteiger partial charge on any atom is -0.482 e. The number of aliphatic carboxylic acids is 1. The first-order valence-corrected chi connectivity index (χ1v) is 10.7. The number of hydrogen-bond donors (Lipinski definition) is 2. The van der Waals surface area contributed by atoms with Crippen LogP contribution < -0.4 is 9.64 Å². The number of hydrogen-bond acceptors (Lipinski definition) is 5. The van der Waals surface area contributed by atoms with Crippen molar-refractivity contribution in [1.29, 1.82) is 0 Å². The van der Waals surface area contributed by atoms with E-state index in [9.17, 15) is 14.7 Å². The maximum absolute atomic E-state index is 13.1. The van der Waals surface area contributed by atoms with Crippen molar-refractivity contribution in [3.63, 3.8) is 0 Å². The van der Waals surface area contributed by atoms with Gasteiger partial charge in [-0.3, -0.25) is 0 Å². The van der Waals surface area contributed by atoms with Crippen LogP contribution in [0.2, 0.25) is 0 Å². The number of para-hydroxylation sites is 2. The van der Waals surface area contributed by atoms with Crippen molar-refractivity contribution >= 4 is 23.4 Å². The first-order chi connectivity index (χ1) is 16.0. The Balaban J connectivity index is 1.48. The predicted octanol–water partition coefficient (Wildman–Crippen LogP) is 4.34. The van der Waals surface area contributed by atoms with Gasteiger partial charge in [-0.15, -0.1) is 0 Å². The molecule has 0 aromatic heterocycles. The van der Waals surface area contributed by atoms with E-state index in [1.54, 1.807) is 12.1 Å². The molecule has 0 fully saturated rings. The molecule has 0 radical (unpaired) electrons. The summed E-state index contributed by atoms with van der Waals surface area (Å²) in [6.07, 6.45) is 0.541. The molecule has 0 saturated carbocycles. The molecule has 1 aliphatic carbocycles. The molecule has 0 heterocycles. The minimum absolute atomic E-state index is 0.165. The highest BCUT2D eigenvalue weighted by molar-refractivity contribution is 5.95. The molecule has 7 nitrogen and oxygen atoms in total. The Labute approximate surface area is 191 Å².